The van der Waals surface area contributed by atoms with Gasteiger partial charge in [-0.15, -0.1) is 0 Å². The molecule has 1 aromatic rings. The maximum atomic E-state index is 12.3. The number of nitrogens with zero attached hydrogens (tertiary/aromatic N) is 1. The first-order valence-electron chi connectivity index (χ1n) is 7.01. The average Bonchev–Trinajstić information content (AvgIpc) is 2.96. The summed E-state index contributed by atoms with van der Waals surface area (Å²) in [5.41, 5.74) is 0. The van der Waals surface area contributed by atoms with Crippen LogP contribution in [0.25, 0.3) is 6.08 Å². The lowest BCUT2D eigenvalue weighted by atomic mass is 10.2. The number of aryl methyl sites for hydroxylation is 1. The minimum absolute atomic E-state index is 0.109. The van der Waals surface area contributed by atoms with Gasteiger partial charge in [-0.3, -0.25) is 14.5 Å². The fourth-order valence-corrected chi connectivity index (χ4v) is 3.36. The van der Waals surface area contributed by atoms with Gasteiger partial charge in [-0.2, -0.15) is 0 Å². The van der Waals surface area contributed by atoms with Gasteiger partial charge in [0.1, 0.15) is 15.8 Å². The number of furan rings is 1. The van der Waals surface area contributed by atoms with E-state index in [4.69, 9.17) is 21.7 Å². The summed E-state index contributed by atoms with van der Waals surface area (Å²) in [6.45, 7) is 2.37. The highest BCUT2D eigenvalue weighted by Crippen LogP contribution is 2.33. The molecule has 1 saturated heterocycles. The predicted molar refractivity (Wildman–Crippen MR) is 89.4 cm³/mol. The Labute approximate surface area is 138 Å². The van der Waals surface area contributed by atoms with Gasteiger partial charge in [-0.25, -0.2) is 0 Å². The van der Waals surface area contributed by atoms with Crippen molar-refractivity contribution in [1.82, 2.24) is 4.90 Å². The molecular formula is C15H17NO4S2. The Bertz CT molecular complexity index is 621. The minimum atomic E-state index is -0.790. The Kier molecular flexibility index (Phi) is 5.79. The molecule has 0 radical (unpaired) electrons. The molecule has 0 atom stereocenters. The standard InChI is InChI=1S/C15H17NO4S2/c1-10-6-7-11(20-10)9-12-14(19)16(15(21)22-12)8-4-2-3-5-13(17)18/h6-7,9H,2-5,8H2,1H3,(H,17,18). The Morgan fingerprint density at radius 2 is 2.18 bits per heavy atom. The molecule has 0 unspecified atom stereocenters. The number of carbonyl (C=O) groups is 2. The van der Waals surface area contributed by atoms with Gasteiger partial charge in [0.2, 0.25) is 0 Å². The van der Waals surface area contributed by atoms with Crippen molar-refractivity contribution in [2.75, 3.05) is 6.54 Å². The highest BCUT2D eigenvalue weighted by Gasteiger charge is 2.31. The van der Waals surface area contributed by atoms with Crippen LogP contribution in [0.3, 0.4) is 0 Å². The number of hydrogen-bond donors (Lipinski definition) is 1. The monoisotopic (exact) mass is 339 g/mol. The predicted octanol–water partition coefficient (Wildman–Crippen LogP) is 3.43. The van der Waals surface area contributed by atoms with Crippen molar-refractivity contribution < 1.29 is 19.1 Å². The summed E-state index contributed by atoms with van der Waals surface area (Å²) in [6, 6.07) is 3.66. The topological polar surface area (TPSA) is 70.8 Å². The highest BCUT2D eigenvalue weighted by molar-refractivity contribution is 8.26. The van der Waals surface area contributed by atoms with E-state index in [2.05, 4.69) is 0 Å². The first-order valence-corrected chi connectivity index (χ1v) is 8.23. The number of thioether (sulfide) groups is 1. The van der Waals surface area contributed by atoms with Crippen molar-refractivity contribution in [3.8, 4) is 0 Å². The third kappa shape index (κ3) is 4.45. The molecule has 2 rings (SSSR count). The van der Waals surface area contributed by atoms with Gasteiger partial charge in [0.25, 0.3) is 5.91 Å². The molecule has 0 aromatic carbocycles. The van der Waals surface area contributed by atoms with Crippen LogP contribution in [-0.4, -0.2) is 32.7 Å². The summed E-state index contributed by atoms with van der Waals surface area (Å²) in [5.74, 6) is 0.532. The van der Waals surface area contributed by atoms with E-state index in [0.717, 1.165) is 18.6 Å². The smallest absolute Gasteiger partial charge is 0.303 e. The summed E-state index contributed by atoms with van der Waals surface area (Å²) < 4.78 is 5.98. The van der Waals surface area contributed by atoms with Crippen LogP contribution in [-0.2, 0) is 9.59 Å². The molecule has 1 N–H and O–H groups in total. The van der Waals surface area contributed by atoms with Gasteiger partial charge in [0, 0.05) is 19.0 Å². The molecule has 0 aliphatic carbocycles. The first kappa shape index (κ1) is 16.8. The van der Waals surface area contributed by atoms with Crippen LogP contribution < -0.4 is 0 Å². The third-order valence-electron chi connectivity index (χ3n) is 3.18. The van der Waals surface area contributed by atoms with E-state index in [1.807, 2.05) is 19.1 Å². The Morgan fingerprint density at radius 1 is 1.41 bits per heavy atom. The van der Waals surface area contributed by atoms with Crippen LogP contribution in [0, 0.1) is 6.92 Å². The Balaban J connectivity index is 1.89. The molecule has 1 aliphatic heterocycles. The van der Waals surface area contributed by atoms with Crippen molar-refractivity contribution >= 4 is 46.3 Å². The molecule has 7 heteroatoms. The van der Waals surface area contributed by atoms with E-state index in [0.29, 0.717) is 28.0 Å². The number of aliphatic carboxylic acids is 1. The summed E-state index contributed by atoms with van der Waals surface area (Å²) in [4.78, 5) is 24.9. The fourth-order valence-electron chi connectivity index (χ4n) is 2.08. The van der Waals surface area contributed by atoms with Crippen LogP contribution in [0.2, 0.25) is 0 Å². The van der Waals surface area contributed by atoms with Gasteiger partial charge >= 0.3 is 5.97 Å². The summed E-state index contributed by atoms with van der Waals surface area (Å²) in [6.07, 6.45) is 3.99. The summed E-state index contributed by atoms with van der Waals surface area (Å²) in [5, 5.41) is 8.58. The zero-order valence-corrected chi connectivity index (χ0v) is 13.8. The summed E-state index contributed by atoms with van der Waals surface area (Å²) in [7, 11) is 0. The van der Waals surface area contributed by atoms with E-state index in [-0.39, 0.29) is 12.3 Å². The zero-order valence-electron chi connectivity index (χ0n) is 12.2. The number of thiocarbonyl (C=S) groups is 1. The SMILES string of the molecule is Cc1ccc(C=C2SC(=S)N(CCCCCC(=O)O)C2=O)o1. The van der Waals surface area contributed by atoms with Crippen molar-refractivity contribution in [3.63, 3.8) is 0 Å². The Hall–Kier alpha value is -1.60. The molecule has 2 heterocycles. The second kappa shape index (κ2) is 7.60. The molecule has 0 bridgehead atoms. The second-order valence-electron chi connectivity index (χ2n) is 4.99. The molecule has 118 valence electrons. The lowest BCUT2D eigenvalue weighted by Gasteiger charge is -2.13. The van der Waals surface area contributed by atoms with Crippen LogP contribution in [0.4, 0.5) is 0 Å². The molecular weight excluding hydrogens is 322 g/mol. The third-order valence-corrected chi connectivity index (χ3v) is 4.56. The van der Waals surface area contributed by atoms with Crippen LogP contribution in [0.5, 0.6) is 0 Å². The number of amides is 1. The van der Waals surface area contributed by atoms with Crippen molar-refractivity contribution in [2.24, 2.45) is 0 Å². The van der Waals surface area contributed by atoms with E-state index >= 15 is 0 Å². The molecule has 1 fully saturated rings. The molecule has 5 nitrogen and oxygen atoms in total. The maximum absolute atomic E-state index is 12.3. The van der Waals surface area contributed by atoms with E-state index in [9.17, 15) is 9.59 Å². The normalized spacial score (nSPS) is 16.8. The maximum Gasteiger partial charge on any atom is 0.303 e. The van der Waals surface area contributed by atoms with E-state index in [1.54, 1.807) is 11.0 Å². The second-order valence-corrected chi connectivity index (χ2v) is 6.66. The molecule has 1 amide bonds. The molecule has 1 aliphatic rings. The van der Waals surface area contributed by atoms with Crippen molar-refractivity contribution in [3.05, 3.63) is 28.6 Å². The van der Waals surface area contributed by atoms with Gasteiger partial charge in [-0.1, -0.05) is 30.4 Å². The number of carbonyl (C=O) groups excluding carboxylic acids is 1. The largest absolute Gasteiger partial charge is 0.481 e. The van der Waals surface area contributed by atoms with Crippen molar-refractivity contribution in [1.29, 1.82) is 0 Å². The first-order chi connectivity index (χ1) is 10.5. The lowest BCUT2D eigenvalue weighted by Crippen LogP contribution is -2.29. The number of carboxylic acid groups (broad SMARTS) is 1. The van der Waals surface area contributed by atoms with E-state index < -0.39 is 5.97 Å². The molecule has 1 aromatic heterocycles. The van der Waals surface area contributed by atoms with Gasteiger partial charge in [-0.05, 0) is 31.9 Å². The fraction of sp³-hybridized carbons (Fsp3) is 0.400. The quantitative estimate of drug-likeness (QED) is 0.466. The van der Waals surface area contributed by atoms with Crippen LogP contribution >= 0.6 is 24.0 Å². The van der Waals surface area contributed by atoms with Crippen molar-refractivity contribution in [2.45, 2.75) is 32.6 Å². The van der Waals surface area contributed by atoms with E-state index in [1.165, 1.54) is 11.8 Å². The number of unbranched alkanes of at least 4 members (excludes halogenated alkanes) is 2. The minimum Gasteiger partial charge on any atom is -0.481 e. The number of carboxylic acids is 1. The lowest BCUT2D eigenvalue weighted by molar-refractivity contribution is -0.137. The molecule has 0 spiro atoms. The van der Waals surface area contributed by atoms with Gasteiger partial charge < -0.3 is 9.52 Å². The van der Waals surface area contributed by atoms with Crippen LogP contribution in [0.1, 0.15) is 37.2 Å². The van der Waals surface area contributed by atoms with Crippen LogP contribution in [0.15, 0.2) is 21.5 Å². The molecule has 0 saturated carbocycles. The summed E-state index contributed by atoms with van der Waals surface area (Å²) >= 11 is 6.51. The zero-order chi connectivity index (χ0) is 16.1. The highest BCUT2D eigenvalue weighted by atomic mass is 32.2. The Morgan fingerprint density at radius 3 is 2.82 bits per heavy atom. The van der Waals surface area contributed by atoms with Gasteiger partial charge in [0.05, 0.1) is 4.91 Å². The number of rotatable bonds is 7. The molecule has 22 heavy (non-hydrogen) atoms. The van der Waals surface area contributed by atoms with Gasteiger partial charge in [0.15, 0.2) is 0 Å². The average molecular weight is 339 g/mol. The number of hydrogen-bond acceptors (Lipinski definition) is 5.